The molecule has 13 heavy (non-hydrogen) atoms. The minimum Gasteiger partial charge on any atom is -0.481 e. The van der Waals surface area contributed by atoms with Crippen molar-refractivity contribution in [1.82, 2.24) is 0 Å². The molecule has 4 heteroatoms. The number of rotatable bonds is 6. The Morgan fingerprint density at radius 1 is 1.54 bits per heavy atom. The predicted octanol–water partition coefficient (Wildman–Crippen LogP) is 3.28. The summed E-state index contributed by atoms with van der Waals surface area (Å²) in [5.41, 5.74) is 0. The summed E-state index contributed by atoms with van der Waals surface area (Å²) >= 11 is 0. The first-order valence-corrected chi connectivity index (χ1v) is 6.77. The van der Waals surface area contributed by atoms with Crippen molar-refractivity contribution >= 4 is 27.6 Å². The van der Waals surface area contributed by atoms with Gasteiger partial charge in [-0.25, -0.2) is 0 Å². The summed E-state index contributed by atoms with van der Waals surface area (Å²) in [5.74, 6) is 0.0666. The minimum absolute atomic E-state index is 0.189. The molecule has 0 aromatic heterocycles. The Balaban J connectivity index is 3.98. The quantitative estimate of drug-likeness (QED) is 0.553. The molecule has 0 aliphatic heterocycles. The van der Waals surface area contributed by atoms with Crippen LogP contribution in [0.3, 0.4) is 0 Å². The number of hydrogen-bond acceptors (Lipinski definition) is 3. The molecule has 0 aromatic carbocycles. The van der Waals surface area contributed by atoms with Crippen LogP contribution in [0.2, 0.25) is 0 Å². The van der Waals surface area contributed by atoms with Gasteiger partial charge in [0.15, 0.2) is 0 Å². The topological polar surface area (TPSA) is 37.3 Å². The predicted molar refractivity (Wildman–Crippen MR) is 61.2 cm³/mol. The Hall–Kier alpha value is 0.170. The van der Waals surface area contributed by atoms with Gasteiger partial charge >= 0.3 is 5.97 Å². The lowest BCUT2D eigenvalue weighted by molar-refractivity contribution is -0.141. The van der Waals surface area contributed by atoms with Crippen LogP contribution in [-0.4, -0.2) is 21.6 Å². The molecule has 2 nitrogen and oxygen atoms in total. The van der Waals surface area contributed by atoms with Crippen molar-refractivity contribution in [2.24, 2.45) is 5.92 Å². The Bertz CT molecular complexity index is 169. The van der Waals surface area contributed by atoms with Crippen molar-refractivity contribution in [2.45, 2.75) is 38.9 Å². The van der Waals surface area contributed by atoms with E-state index in [0.29, 0.717) is 0 Å². The van der Waals surface area contributed by atoms with E-state index < -0.39 is 5.97 Å². The van der Waals surface area contributed by atoms with E-state index in [1.54, 1.807) is 28.5 Å². The Morgan fingerprint density at radius 3 is 2.46 bits per heavy atom. The number of carboxylic acid groups (broad SMARTS) is 1. The van der Waals surface area contributed by atoms with Gasteiger partial charge in [0.1, 0.15) is 0 Å². The first-order chi connectivity index (χ1) is 5.91. The SMILES string of the molecule is CCCSSC(C)(C)[C@H](C)C(=O)O. The van der Waals surface area contributed by atoms with Gasteiger partial charge in [-0.3, -0.25) is 4.79 Å². The second kappa shape index (κ2) is 5.81. The second-order valence-electron chi connectivity index (χ2n) is 3.57. The van der Waals surface area contributed by atoms with E-state index in [0.717, 1.165) is 12.2 Å². The summed E-state index contributed by atoms with van der Waals surface area (Å²) in [7, 11) is 3.43. The van der Waals surface area contributed by atoms with Gasteiger partial charge in [-0.1, -0.05) is 35.4 Å². The fraction of sp³-hybridized carbons (Fsp3) is 0.889. The average molecular weight is 222 g/mol. The highest BCUT2D eigenvalue weighted by Gasteiger charge is 2.31. The molecule has 0 radical (unpaired) electrons. The molecular weight excluding hydrogens is 204 g/mol. The van der Waals surface area contributed by atoms with Crippen molar-refractivity contribution in [1.29, 1.82) is 0 Å². The van der Waals surface area contributed by atoms with Gasteiger partial charge in [0.05, 0.1) is 5.92 Å². The summed E-state index contributed by atoms with van der Waals surface area (Å²) in [4.78, 5) is 10.8. The molecule has 0 fully saturated rings. The molecule has 0 spiro atoms. The zero-order chi connectivity index (χ0) is 10.5. The molecule has 0 bridgehead atoms. The van der Waals surface area contributed by atoms with Crippen molar-refractivity contribution in [2.75, 3.05) is 5.75 Å². The molecule has 78 valence electrons. The van der Waals surface area contributed by atoms with E-state index in [1.807, 2.05) is 13.8 Å². The van der Waals surface area contributed by atoms with Gasteiger partial charge in [-0.15, -0.1) is 0 Å². The maximum Gasteiger partial charge on any atom is 0.307 e. The molecule has 0 saturated carbocycles. The van der Waals surface area contributed by atoms with Crippen LogP contribution in [0.5, 0.6) is 0 Å². The molecule has 0 saturated heterocycles. The molecular formula is C9H18O2S2. The van der Waals surface area contributed by atoms with Crippen molar-refractivity contribution in [3.63, 3.8) is 0 Å². The van der Waals surface area contributed by atoms with Gasteiger partial charge in [0.2, 0.25) is 0 Å². The summed E-state index contributed by atoms with van der Waals surface area (Å²) in [6, 6.07) is 0. The van der Waals surface area contributed by atoms with Crippen LogP contribution in [0.25, 0.3) is 0 Å². The molecule has 0 heterocycles. The van der Waals surface area contributed by atoms with Crippen LogP contribution in [0, 0.1) is 5.92 Å². The highest BCUT2D eigenvalue weighted by atomic mass is 33.1. The van der Waals surface area contributed by atoms with E-state index in [9.17, 15) is 4.79 Å². The van der Waals surface area contributed by atoms with Gasteiger partial charge in [0, 0.05) is 10.5 Å². The molecule has 1 atom stereocenters. The van der Waals surface area contributed by atoms with E-state index in [-0.39, 0.29) is 10.7 Å². The molecule has 1 N–H and O–H groups in total. The third-order valence-electron chi connectivity index (χ3n) is 1.97. The molecule has 0 aromatic rings. The zero-order valence-electron chi connectivity index (χ0n) is 8.66. The van der Waals surface area contributed by atoms with E-state index in [4.69, 9.17) is 5.11 Å². The largest absolute Gasteiger partial charge is 0.481 e. The molecule has 0 amide bonds. The first kappa shape index (κ1) is 13.2. The molecule has 0 aliphatic rings. The van der Waals surface area contributed by atoms with Gasteiger partial charge < -0.3 is 5.11 Å². The van der Waals surface area contributed by atoms with Crippen molar-refractivity contribution in [3.8, 4) is 0 Å². The monoisotopic (exact) mass is 222 g/mol. The van der Waals surface area contributed by atoms with Crippen molar-refractivity contribution in [3.05, 3.63) is 0 Å². The maximum absolute atomic E-state index is 10.8. The zero-order valence-corrected chi connectivity index (χ0v) is 10.3. The second-order valence-corrected chi connectivity index (χ2v) is 6.64. The summed E-state index contributed by atoms with van der Waals surface area (Å²) in [5, 5.41) is 8.85. The summed E-state index contributed by atoms with van der Waals surface area (Å²) in [6.45, 7) is 7.86. The van der Waals surface area contributed by atoms with Gasteiger partial charge in [-0.05, 0) is 20.3 Å². The number of hydrogen-bond donors (Lipinski definition) is 1. The highest BCUT2D eigenvalue weighted by molar-refractivity contribution is 8.77. The van der Waals surface area contributed by atoms with E-state index in [2.05, 4.69) is 6.92 Å². The van der Waals surface area contributed by atoms with Crippen LogP contribution in [0.15, 0.2) is 0 Å². The molecule has 0 unspecified atom stereocenters. The average Bonchev–Trinajstić information content (AvgIpc) is 2.03. The Labute approximate surface area is 88.3 Å². The number of carboxylic acids is 1. The third kappa shape index (κ3) is 4.81. The maximum atomic E-state index is 10.8. The first-order valence-electron chi connectivity index (χ1n) is 4.45. The minimum atomic E-state index is -0.713. The summed E-state index contributed by atoms with van der Waals surface area (Å²) in [6.07, 6.45) is 1.13. The third-order valence-corrected chi connectivity index (χ3v) is 5.59. The fourth-order valence-corrected chi connectivity index (χ4v) is 3.54. The standard InChI is InChI=1S/C9H18O2S2/c1-5-6-12-13-9(3,4)7(2)8(10)11/h7H,5-6H2,1-4H3,(H,10,11)/t7-/m1/s1. The van der Waals surface area contributed by atoms with Crippen LogP contribution in [0.1, 0.15) is 34.1 Å². The lowest BCUT2D eigenvalue weighted by Gasteiger charge is -2.27. The van der Waals surface area contributed by atoms with Crippen LogP contribution < -0.4 is 0 Å². The smallest absolute Gasteiger partial charge is 0.307 e. The van der Waals surface area contributed by atoms with Gasteiger partial charge in [-0.2, -0.15) is 0 Å². The lowest BCUT2D eigenvalue weighted by Crippen LogP contribution is -2.30. The van der Waals surface area contributed by atoms with E-state index >= 15 is 0 Å². The normalized spacial score (nSPS) is 14.2. The number of aliphatic carboxylic acids is 1. The van der Waals surface area contributed by atoms with Crippen LogP contribution >= 0.6 is 21.6 Å². The van der Waals surface area contributed by atoms with Gasteiger partial charge in [0.25, 0.3) is 0 Å². The Kier molecular flexibility index (Phi) is 5.88. The number of carbonyl (C=O) groups is 1. The lowest BCUT2D eigenvalue weighted by atomic mass is 9.97. The van der Waals surface area contributed by atoms with Crippen LogP contribution in [0.4, 0.5) is 0 Å². The summed E-state index contributed by atoms with van der Waals surface area (Å²) < 4.78 is -0.189. The molecule has 0 aliphatic carbocycles. The Morgan fingerprint density at radius 2 is 2.08 bits per heavy atom. The van der Waals surface area contributed by atoms with Crippen molar-refractivity contribution < 1.29 is 9.90 Å². The van der Waals surface area contributed by atoms with Crippen LogP contribution in [-0.2, 0) is 4.79 Å². The highest BCUT2D eigenvalue weighted by Crippen LogP contribution is 2.40. The van der Waals surface area contributed by atoms with E-state index in [1.165, 1.54) is 0 Å². The molecule has 0 rings (SSSR count). The fourth-order valence-electron chi connectivity index (χ4n) is 0.646.